The van der Waals surface area contributed by atoms with Crippen molar-refractivity contribution in [3.63, 3.8) is 0 Å². The van der Waals surface area contributed by atoms with Crippen molar-refractivity contribution in [2.24, 2.45) is 5.41 Å². The first-order valence-electron chi connectivity index (χ1n) is 6.78. The van der Waals surface area contributed by atoms with Gasteiger partial charge < -0.3 is 14.7 Å². The van der Waals surface area contributed by atoms with Crippen LogP contribution in [0.25, 0.3) is 10.7 Å². The van der Waals surface area contributed by atoms with E-state index in [1.807, 2.05) is 43.3 Å². The molecule has 0 amide bonds. The fourth-order valence-electron chi connectivity index (χ4n) is 1.99. The standard InChI is InChI=1S/C14H21N3O3S/c1-10(17(3)7-14(2,8-18)9-19)13-15-12(16-20-13)11-5-4-6-21-11/h4-6,10,18-19H,7-9H2,1-3H3. The summed E-state index contributed by atoms with van der Waals surface area (Å²) in [5.74, 6) is 1.12. The van der Waals surface area contributed by atoms with Crippen molar-refractivity contribution >= 4 is 11.3 Å². The second-order valence-electron chi connectivity index (χ2n) is 5.65. The summed E-state index contributed by atoms with van der Waals surface area (Å²) < 4.78 is 5.33. The normalized spacial score (nSPS) is 13.8. The van der Waals surface area contributed by atoms with Crippen molar-refractivity contribution in [1.82, 2.24) is 15.0 Å². The first-order chi connectivity index (χ1) is 9.99. The van der Waals surface area contributed by atoms with E-state index in [1.54, 1.807) is 11.3 Å². The van der Waals surface area contributed by atoms with E-state index in [4.69, 9.17) is 4.52 Å². The van der Waals surface area contributed by atoms with E-state index >= 15 is 0 Å². The molecule has 0 fully saturated rings. The molecule has 2 aromatic rings. The van der Waals surface area contributed by atoms with Gasteiger partial charge in [0.1, 0.15) is 0 Å². The van der Waals surface area contributed by atoms with Gasteiger partial charge in [-0.05, 0) is 25.4 Å². The summed E-state index contributed by atoms with van der Waals surface area (Å²) >= 11 is 1.56. The van der Waals surface area contributed by atoms with Gasteiger partial charge in [-0.25, -0.2) is 0 Å². The number of aliphatic hydroxyl groups is 2. The average molecular weight is 311 g/mol. The van der Waals surface area contributed by atoms with Crippen LogP contribution in [0, 0.1) is 5.41 Å². The topological polar surface area (TPSA) is 82.6 Å². The van der Waals surface area contributed by atoms with Crippen LogP contribution in [0.3, 0.4) is 0 Å². The van der Waals surface area contributed by atoms with Crippen LogP contribution >= 0.6 is 11.3 Å². The molecular weight excluding hydrogens is 290 g/mol. The van der Waals surface area contributed by atoms with E-state index in [-0.39, 0.29) is 19.3 Å². The van der Waals surface area contributed by atoms with Crippen molar-refractivity contribution in [2.45, 2.75) is 19.9 Å². The van der Waals surface area contributed by atoms with E-state index in [0.29, 0.717) is 18.3 Å². The molecule has 0 bridgehead atoms. The SMILES string of the molecule is CC(c1nc(-c2cccs2)no1)N(C)CC(C)(CO)CO. The van der Waals surface area contributed by atoms with Crippen molar-refractivity contribution in [3.05, 3.63) is 23.4 Å². The number of nitrogens with zero attached hydrogens (tertiary/aromatic N) is 3. The lowest BCUT2D eigenvalue weighted by Crippen LogP contribution is -2.40. The van der Waals surface area contributed by atoms with Gasteiger partial charge in [0.05, 0.1) is 24.1 Å². The zero-order valence-corrected chi connectivity index (χ0v) is 13.3. The van der Waals surface area contributed by atoms with Crippen LogP contribution in [0.4, 0.5) is 0 Å². The Morgan fingerprint density at radius 2 is 2.14 bits per heavy atom. The summed E-state index contributed by atoms with van der Waals surface area (Å²) in [5, 5.41) is 24.7. The molecule has 2 rings (SSSR count). The zero-order chi connectivity index (χ0) is 15.5. The lowest BCUT2D eigenvalue weighted by molar-refractivity contribution is 0.0287. The predicted octanol–water partition coefficient (Wildman–Crippen LogP) is 1.78. The van der Waals surface area contributed by atoms with E-state index < -0.39 is 5.41 Å². The first kappa shape index (κ1) is 16.1. The van der Waals surface area contributed by atoms with Crippen LogP contribution in [-0.2, 0) is 0 Å². The number of hydrogen-bond donors (Lipinski definition) is 2. The van der Waals surface area contributed by atoms with Gasteiger partial charge in [0.25, 0.3) is 0 Å². The van der Waals surface area contributed by atoms with Crippen LogP contribution in [0.2, 0.25) is 0 Å². The maximum atomic E-state index is 9.38. The van der Waals surface area contributed by atoms with Gasteiger partial charge in [0.15, 0.2) is 0 Å². The zero-order valence-electron chi connectivity index (χ0n) is 12.5. The molecule has 2 heterocycles. The Labute approximate surface area is 128 Å². The highest BCUT2D eigenvalue weighted by Gasteiger charge is 2.28. The number of aromatic nitrogens is 2. The Kier molecular flexibility index (Phi) is 5.10. The largest absolute Gasteiger partial charge is 0.396 e. The summed E-state index contributed by atoms with van der Waals surface area (Å²) in [6, 6.07) is 3.80. The van der Waals surface area contributed by atoms with Crippen LogP contribution in [0.5, 0.6) is 0 Å². The van der Waals surface area contributed by atoms with Gasteiger partial charge in [-0.2, -0.15) is 4.98 Å². The third-order valence-electron chi connectivity index (χ3n) is 3.60. The van der Waals surface area contributed by atoms with Gasteiger partial charge in [0.2, 0.25) is 11.7 Å². The van der Waals surface area contributed by atoms with E-state index in [9.17, 15) is 10.2 Å². The van der Waals surface area contributed by atoms with Crippen molar-refractivity contribution in [3.8, 4) is 10.7 Å². The Morgan fingerprint density at radius 3 is 2.71 bits per heavy atom. The molecule has 7 heteroatoms. The number of rotatable bonds is 7. The number of hydrogen-bond acceptors (Lipinski definition) is 7. The predicted molar refractivity (Wildman–Crippen MR) is 80.9 cm³/mol. The number of aliphatic hydroxyl groups excluding tert-OH is 2. The second kappa shape index (κ2) is 6.65. The van der Waals surface area contributed by atoms with Gasteiger partial charge in [0, 0.05) is 12.0 Å². The third kappa shape index (κ3) is 3.68. The Balaban J connectivity index is 2.07. The monoisotopic (exact) mass is 311 g/mol. The molecule has 2 N–H and O–H groups in total. The fourth-order valence-corrected chi connectivity index (χ4v) is 2.64. The van der Waals surface area contributed by atoms with Crippen molar-refractivity contribution in [1.29, 1.82) is 0 Å². The lowest BCUT2D eigenvalue weighted by Gasteiger charge is -2.32. The summed E-state index contributed by atoms with van der Waals surface area (Å²) in [4.78, 5) is 7.37. The molecule has 0 saturated heterocycles. The van der Waals surface area contributed by atoms with Crippen LogP contribution < -0.4 is 0 Å². The minimum Gasteiger partial charge on any atom is -0.396 e. The molecule has 116 valence electrons. The van der Waals surface area contributed by atoms with Crippen molar-refractivity contribution < 1.29 is 14.7 Å². The number of thiophene rings is 1. The van der Waals surface area contributed by atoms with E-state index in [0.717, 1.165) is 4.88 Å². The molecule has 0 aliphatic heterocycles. The Hall–Kier alpha value is -1.28. The Bertz CT molecular complexity index is 552. The van der Waals surface area contributed by atoms with Crippen molar-refractivity contribution in [2.75, 3.05) is 26.8 Å². The minimum atomic E-state index is -0.556. The summed E-state index contributed by atoms with van der Waals surface area (Å²) in [7, 11) is 1.91. The molecular formula is C14H21N3O3S. The highest BCUT2D eigenvalue weighted by atomic mass is 32.1. The van der Waals surface area contributed by atoms with Crippen LogP contribution in [0.15, 0.2) is 22.0 Å². The summed E-state index contributed by atoms with van der Waals surface area (Å²) in [5.41, 5.74) is -0.556. The molecule has 0 aliphatic rings. The molecule has 1 atom stereocenters. The van der Waals surface area contributed by atoms with Crippen LogP contribution in [0.1, 0.15) is 25.8 Å². The molecule has 0 radical (unpaired) electrons. The van der Waals surface area contributed by atoms with E-state index in [2.05, 4.69) is 10.1 Å². The van der Waals surface area contributed by atoms with Crippen LogP contribution in [-0.4, -0.2) is 52.1 Å². The smallest absolute Gasteiger partial charge is 0.244 e. The molecule has 21 heavy (non-hydrogen) atoms. The maximum absolute atomic E-state index is 9.38. The highest BCUT2D eigenvalue weighted by molar-refractivity contribution is 7.13. The average Bonchev–Trinajstić information content (AvgIpc) is 3.16. The minimum absolute atomic E-state index is 0.0785. The van der Waals surface area contributed by atoms with Gasteiger partial charge in [-0.3, -0.25) is 4.90 Å². The maximum Gasteiger partial charge on any atom is 0.244 e. The molecule has 6 nitrogen and oxygen atoms in total. The van der Waals surface area contributed by atoms with Gasteiger partial charge in [-0.15, -0.1) is 11.3 Å². The second-order valence-corrected chi connectivity index (χ2v) is 6.60. The molecule has 2 aromatic heterocycles. The first-order valence-corrected chi connectivity index (χ1v) is 7.66. The summed E-state index contributed by atoms with van der Waals surface area (Å²) in [6.07, 6.45) is 0. The third-order valence-corrected chi connectivity index (χ3v) is 4.46. The van der Waals surface area contributed by atoms with E-state index in [1.165, 1.54) is 0 Å². The molecule has 1 unspecified atom stereocenters. The quantitative estimate of drug-likeness (QED) is 0.811. The lowest BCUT2D eigenvalue weighted by atomic mass is 9.92. The van der Waals surface area contributed by atoms with Gasteiger partial charge in [-0.1, -0.05) is 18.1 Å². The molecule has 0 saturated carbocycles. The Morgan fingerprint density at radius 1 is 1.43 bits per heavy atom. The molecule has 0 aliphatic carbocycles. The van der Waals surface area contributed by atoms with Gasteiger partial charge >= 0.3 is 0 Å². The fraction of sp³-hybridized carbons (Fsp3) is 0.571. The molecule has 0 spiro atoms. The molecule has 0 aromatic carbocycles. The summed E-state index contributed by atoms with van der Waals surface area (Å²) in [6.45, 7) is 4.16. The highest BCUT2D eigenvalue weighted by Crippen LogP contribution is 2.26.